The van der Waals surface area contributed by atoms with E-state index in [9.17, 15) is 0 Å². The topological polar surface area (TPSA) is 26.0 Å². The fourth-order valence-electron chi connectivity index (χ4n) is 1.79. The van der Waals surface area contributed by atoms with Crippen LogP contribution in [0.5, 0.6) is 0 Å². The molecule has 0 amide bonds. The van der Waals surface area contributed by atoms with Gasteiger partial charge in [0, 0.05) is 0 Å². The summed E-state index contributed by atoms with van der Waals surface area (Å²) in [6.07, 6.45) is 1.31. The van der Waals surface area contributed by atoms with Gasteiger partial charge in [-0.15, -0.1) is 23.5 Å². The van der Waals surface area contributed by atoms with Gasteiger partial charge < -0.3 is 5.73 Å². The number of thioether (sulfide) groups is 2. The standard InChI is InChI=1S/C12H17NS2/c1-12(14-8-5-9-15-12)11(13)10-6-3-2-4-7-10/h2-4,6-7,11H,5,8-9,13H2,1H3/t11-/m0/s1. The number of nitrogens with two attached hydrogens (primary N) is 1. The van der Waals surface area contributed by atoms with Crippen molar-refractivity contribution in [3.63, 3.8) is 0 Å². The van der Waals surface area contributed by atoms with Crippen molar-refractivity contribution < 1.29 is 0 Å². The smallest absolute Gasteiger partial charge is 0.0774 e. The highest BCUT2D eigenvalue weighted by Crippen LogP contribution is 2.48. The van der Waals surface area contributed by atoms with Crippen molar-refractivity contribution in [2.75, 3.05) is 11.5 Å². The molecule has 0 radical (unpaired) electrons. The van der Waals surface area contributed by atoms with Gasteiger partial charge in [-0.1, -0.05) is 30.3 Å². The Balaban J connectivity index is 2.16. The van der Waals surface area contributed by atoms with Gasteiger partial charge in [0.25, 0.3) is 0 Å². The molecule has 1 saturated heterocycles. The Labute approximate surface area is 100 Å². The van der Waals surface area contributed by atoms with E-state index in [1.165, 1.54) is 23.5 Å². The van der Waals surface area contributed by atoms with Gasteiger partial charge >= 0.3 is 0 Å². The van der Waals surface area contributed by atoms with Crippen LogP contribution < -0.4 is 5.73 Å². The predicted molar refractivity (Wildman–Crippen MR) is 71.3 cm³/mol. The van der Waals surface area contributed by atoms with Crippen LogP contribution in [0.2, 0.25) is 0 Å². The van der Waals surface area contributed by atoms with Crippen molar-refractivity contribution in [2.45, 2.75) is 23.5 Å². The van der Waals surface area contributed by atoms with Crippen LogP contribution in [0.25, 0.3) is 0 Å². The first kappa shape index (κ1) is 11.4. The zero-order valence-corrected chi connectivity index (χ0v) is 10.6. The van der Waals surface area contributed by atoms with Crippen molar-refractivity contribution >= 4 is 23.5 Å². The molecule has 2 N–H and O–H groups in total. The van der Waals surface area contributed by atoms with Crippen LogP contribution in [0.3, 0.4) is 0 Å². The highest BCUT2D eigenvalue weighted by Gasteiger charge is 2.35. The molecule has 82 valence electrons. The maximum Gasteiger partial charge on any atom is 0.0774 e. The molecule has 2 rings (SSSR count). The summed E-state index contributed by atoms with van der Waals surface area (Å²) < 4.78 is 0.152. The Kier molecular flexibility index (Phi) is 3.65. The summed E-state index contributed by atoms with van der Waals surface area (Å²) in [4.78, 5) is 0. The maximum atomic E-state index is 6.36. The Bertz CT molecular complexity index is 307. The van der Waals surface area contributed by atoms with Crippen molar-refractivity contribution in [1.29, 1.82) is 0 Å². The summed E-state index contributed by atoms with van der Waals surface area (Å²) in [5.41, 5.74) is 7.61. The van der Waals surface area contributed by atoms with Gasteiger partial charge in [0.1, 0.15) is 0 Å². The molecule has 1 nitrogen and oxygen atoms in total. The van der Waals surface area contributed by atoms with Crippen LogP contribution in [0.4, 0.5) is 0 Å². The molecule has 1 aliphatic rings. The monoisotopic (exact) mass is 239 g/mol. The van der Waals surface area contributed by atoms with Gasteiger partial charge in [0.05, 0.1) is 10.1 Å². The van der Waals surface area contributed by atoms with Crippen LogP contribution in [0.1, 0.15) is 24.9 Å². The first-order chi connectivity index (χ1) is 7.22. The van der Waals surface area contributed by atoms with E-state index in [4.69, 9.17) is 5.73 Å². The summed E-state index contributed by atoms with van der Waals surface area (Å²) >= 11 is 4.01. The number of benzene rings is 1. The SMILES string of the molecule is CC1([C@@H](N)c2ccccc2)SCCCS1. The van der Waals surface area contributed by atoms with Gasteiger partial charge in [-0.3, -0.25) is 0 Å². The Hall–Kier alpha value is -0.120. The van der Waals surface area contributed by atoms with E-state index in [-0.39, 0.29) is 10.1 Å². The minimum absolute atomic E-state index is 0.133. The van der Waals surface area contributed by atoms with E-state index in [1.54, 1.807) is 0 Å². The Morgan fingerprint density at radius 1 is 1.20 bits per heavy atom. The Morgan fingerprint density at radius 2 is 1.80 bits per heavy atom. The molecule has 15 heavy (non-hydrogen) atoms. The zero-order chi connectivity index (χ0) is 10.7. The molecular formula is C12H17NS2. The molecule has 3 heteroatoms. The second-order valence-corrected chi connectivity index (χ2v) is 7.30. The molecule has 1 aromatic carbocycles. The highest BCUT2D eigenvalue weighted by atomic mass is 32.2. The molecule has 1 aromatic rings. The normalized spacial score (nSPS) is 22.3. The van der Waals surface area contributed by atoms with Crippen LogP contribution in [0.15, 0.2) is 30.3 Å². The van der Waals surface area contributed by atoms with E-state index in [0.717, 1.165) is 0 Å². The third-order valence-corrected chi connectivity index (χ3v) is 6.14. The van der Waals surface area contributed by atoms with Crippen LogP contribution >= 0.6 is 23.5 Å². The fraction of sp³-hybridized carbons (Fsp3) is 0.500. The van der Waals surface area contributed by atoms with Crippen molar-refractivity contribution in [2.24, 2.45) is 5.73 Å². The van der Waals surface area contributed by atoms with Gasteiger partial charge in [0.2, 0.25) is 0 Å². The minimum atomic E-state index is 0.133. The largest absolute Gasteiger partial charge is 0.322 e. The van der Waals surface area contributed by atoms with Gasteiger partial charge in [0.15, 0.2) is 0 Å². The molecule has 0 saturated carbocycles. The van der Waals surface area contributed by atoms with E-state index in [2.05, 4.69) is 31.2 Å². The third kappa shape index (κ3) is 2.52. The van der Waals surface area contributed by atoms with Gasteiger partial charge in [-0.05, 0) is 30.4 Å². The molecule has 0 aliphatic carbocycles. The predicted octanol–water partition coefficient (Wildman–Crippen LogP) is 3.27. The van der Waals surface area contributed by atoms with E-state index in [1.807, 2.05) is 29.6 Å². The first-order valence-corrected chi connectivity index (χ1v) is 7.28. The third-order valence-electron chi connectivity index (χ3n) is 2.79. The second-order valence-electron chi connectivity index (χ2n) is 3.95. The van der Waals surface area contributed by atoms with Gasteiger partial charge in [-0.25, -0.2) is 0 Å². The lowest BCUT2D eigenvalue weighted by molar-refractivity contribution is 0.669. The average Bonchev–Trinajstić information content (AvgIpc) is 2.30. The minimum Gasteiger partial charge on any atom is -0.322 e. The number of hydrogen-bond acceptors (Lipinski definition) is 3. The summed E-state index contributed by atoms with van der Waals surface area (Å²) in [7, 11) is 0. The molecule has 1 fully saturated rings. The molecule has 0 bridgehead atoms. The van der Waals surface area contributed by atoms with Crippen LogP contribution in [0, 0.1) is 0 Å². The molecular weight excluding hydrogens is 222 g/mol. The summed E-state index contributed by atoms with van der Waals surface area (Å²) in [6.45, 7) is 2.28. The lowest BCUT2D eigenvalue weighted by Crippen LogP contribution is -2.34. The lowest BCUT2D eigenvalue weighted by Gasteiger charge is -2.37. The average molecular weight is 239 g/mol. The highest BCUT2D eigenvalue weighted by molar-refractivity contribution is 8.18. The van der Waals surface area contributed by atoms with E-state index in [0.29, 0.717) is 0 Å². The van der Waals surface area contributed by atoms with Crippen molar-refractivity contribution in [3.8, 4) is 0 Å². The maximum absolute atomic E-state index is 6.36. The zero-order valence-electron chi connectivity index (χ0n) is 8.98. The van der Waals surface area contributed by atoms with Gasteiger partial charge in [-0.2, -0.15) is 0 Å². The molecule has 1 heterocycles. The fourth-order valence-corrected chi connectivity index (χ4v) is 4.83. The quantitative estimate of drug-likeness (QED) is 0.858. The molecule has 0 aromatic heterocycles. The summed E-state index contributed by atoms with van der Waals surface area (Å²) in [5.74, 6) is 2.48. The number of hydrogen-bond donors (Lipinski definition) is 1. The molecule has 0 spiro atoms. The number of rotatable bonds is 2. The van der Waals surface area contributed by atoms with Crippen molar-refractivity contribution in [3.05, 3.63) is 35.9 Å². The van der Waals surface area contributed by atoms with E-state index >= 15 is 0 Å². The summed E-state index contributed by atoms with van der Waals surface area (Å²) in [6, 6.07) is 10.6. The molecule has 1 atom stereocenters. The second kappa shape index (κ2) is 4.81. The van der Waals surface area contributed by atoms with Crippen LogP contribution in [-0.4, -0.2) is 15.6 Å². The lowest BCUT2D eigenvalue weighted by atomic mass is 10.1. The molecule has 0 unspecified atom stereocenters. The van der Waals surface area contributed by atoms with Crippen LogP contribution in [-0.2, 0) is 0 Å². The van der Waals surface area contributed by atoms with E-state index < -0.39 is 0 Å². The molecule has 1 aliphatic heterocycles. The summed E-state index contributed by atoms with van der Waals surface area (Å²) in [5, 5.41) is 0. The first-order valence-electron chi connectivity index (χ1n) is 5.31. The van der Waals surface area contributed by atoms with Crippen molar-refractivity contribution in [1.82, 2.24) is 0 Å². The Morgan fingerprint density at radius 3 is 2.40 bits per heavy atom.